The molecule has 0 saturated heterocycles. The molecule has 21 heavy (non-hydrogen) atoms. The van der Waals surface area contributed by atoms with Gasteiger partial charge in [0.2, 0.25) is 5.78 Å². The van der Waals surface area contributed by atoms with Gasteiger partial charge in [0.25, 0.3) is 5.69 Å². The lowest BCUT2D eigenvalue weighted by Crippen LogP contribution is -2.25. The highest BCUT2D eigenvalue weighted by atomic mass is 35.5. The highest BCUT2D eigenvalue weighted by molar-refractivity contribution is 6.36. The summed E-state index contributed by atoms with van der Waals surface area (Å²) in [5.74, 6) is -3.01. The summed E-state index contributed by atoms with van der Waals surface area (Å²) in [5.41, 5.74) is -0.139. The number of rotatable bonds is 7. The number of para-hydroxylation sites is 1. The van der Waals surface area contributed by atoms with Crippen LogP contribution < -0.4 is 0 Å². The highest BCUT2D eigenvalue weighted by Gasteiger charge is 2.32. The number of allylic oxidation sites excluding steroid dienone is 1. The summed E-state index contributed by atoms with van der Waals surface area (Å²) in [6.07, 6.45) is -0.0793. The number of ketones is 1. The van der Waals surface area contributed by atoms with Crippen LogP contribution in [-0.4, -0.2) is 23.3 Å². The zero-order chi connectivity index (χ0) is 16.0. The first-order valence-electron chi connectivity index (χ1n) is 6.16. The van der Waals surface area contributed by atoms with E-state index in [1.165, 1.54) is 18.2 Å². The molecule has 0 aliphatic heterocycles. The Balaban J connectivity index is 3.26. The Bertz CT molecular complexity index is 584. The number of hydrogen-bond acceptors (Lipinski definition) is 5. The van der Waals surface area contributed by atoms with Gasteiger partial charge in [-0.3, -0.25) is 14.9 Å². The van der Waals surface area contributed by atoms with E-state index in [-0.39, 0.29) is 29.3 Å². The van der Waals surface area contributed by atoms with E-state index in [0.717, 1.165) is 0 Å². The summed E-state index contributed by atoms with van der Waals surface area (Å²) < 4.78 is 4.66. The van der Waals surface area contributed by atoms with Crippen LogP contribution in [0.3, 0.4) is 0 Å². The second kappa shape index (κ2) is 7.54. The molecule has 0 amide bonds. The summed E-state index contributed by atoms with van der Waals surface area (Å²) in [4.78, 5) is 34.2. The minimum Gasteiger partial charge on any atom is -0.460 e. The van der Waals surface area contributed by atoms with Crippen molar-refractivity contribution in [2.24, 2.45) is 0 Å². The maximum atomic E-state index is 12.1. The molecule has 0 bridgehead atoms. The minimum atomic E-state index is -1.09. The Labute approximate surface area is 126 Å². The third-order valence-corrected chi connectivity index (χ3v) is 2.88. The van der Waals surface area contributed by atoms with Gasteiger partial charge in [-0.1, -0.05) is 36.4 Å². The largest absolute Gasteiger partial charge is 0.460 e. The zero-order valence-corrected chi connectivity index (χ0v) is 12.1. The van der Waals surface area contributed by atoms with Crippen molar-refractivity contribution >= 4 is 29.0 Å². The van der Waals surface area contributed by atoms with Crippen LogP contribution in [0.1, 0.15) is 24.8 Å². The van der Waals surface area contributed by atoms with Gasteiger partial charge < -0.3 is 4.74 Å². The molecule has 1 unspecified atom stereocenters. The Morgan fingerprint density at radius 2 is 2.05 bits per heavy atom. The second-order valence-electron chi connectivity index (χ2n) is 4.17. The molecule has 1 aromatic carbocycles. The molecule has 1 aromatic rings. The molecule has 7 heteroatoms. The van der Waals surface area contributed by atoms with Crippen molar-refractivity contribution in [2.75, 3.05) is 6.61 Å². The molecule has 112 valence electrons. The Hall–Kier alpha value is -2.21. The number of carbonyl (C=O) groups is 2. The quantitative estimate of drug-likeness (QED) is 0.334. The van der Waals surface area contributed by atoms with Crippen molar-refractivity contribution in [3.63, 3.8) is 0 Å². The van der Waals surface area contributed by atoms with E-state index < -0.39 is 22.6 Å². The average Bonchev–Trinajstić information content (AvgIpc) is 2.44. The number of halogens is 1. The third kappa shape index (κ3) is 4.39. The van der Waals surface area contributed by atoms with E-state index in [9.17, 15) is 19.7 Å². The van der Waals surface area contributed by atoms with Gasteiger partial charge in [-0.15, -0.1) is 0 Å². The molecule has 6 nitrogen and oxygen atoms in total. The maximum Gasteiger partial charge on any atom is 0.375 e. The summed E-state index contributed by atoms with van der Waals surface area (Å²) in [7, 11) is 0. The monoisotopic (exact) mass is 311 g/mol. The number of hydrogen-bond donors (Lipinski definition) is 0. The Kier molecular flexibility index (Phi) is 6.05. The van der Waals surface area contributed by atoms with Gasteiger partial charge in [0.15, 0.2) is 0 Å². The Morgan fingerprint density at radius 3 is 2.57 bits per heavy atom. The molecule has 0 aliphatic carbocycles. The minimum absolute atomic E-state index is 0.0377. The maximum absolute atomic E-state index is 12.1. The van der Waals surface area contributed by atoms with E-state index in [1.807, 2.05) is 0 Å². The van der Waals surface area contributed by atoms with Crippen LogP contribution in [0.2, 0.25) is 0 Å². The Morgan fingerprint density at radius 1 is 1.43 bits per heavy atom. The van der Waals surface area contributed by atoms with Crippen LogP contribution in [0.5, 0.6) is 0 Å². The molecule has 0 fully saturated rings. The number of carbonyl (C=O) groups excluding carboxylic acids is 2. The van der Waals surface area contributed by atoms with Gasteiger partial charge in [-0.25, -0.2) is 4.79 Å². The zero-order valence-electron chi connectivity index (χ0n) is 11.4. The molecule has 1 rings (SSSR count). The van der Waals surface area contributed by atoms with E-state index in [2.05, 4.69) is 11.3 Å². The second-order valence-corrected chi connectivity index (χ2v) is 4.71. The fourth-order valence-electron chi connectivity index (χ4n) is 1.86. The van der Waals surface area contributed by atoms with Crippen LogP contribution >= 0.6 is 11.6 Å². The van der Waals surface area contributed by atoms with Gasteiger partial charge >= 0.3 is 5.97 Å². The molecule has 0 aliphatic rings. The van der Waals surface area contributed by atoms with Gasteiger partial charge in [-0.2, -0.15) is 0 Å². The smallest absolute Gasteiger partial charge is 0.375 e. The number of nitrogens with zero attached hydrogens (tertiary/aromatic N) is 1. The molecule has 0 radical (unpaired) electrons. The number of nitro benzene ring substituents is 1. The fraction of sp³-hybridized carbons (Fsp3) is 0.286. The fourth-order valence-corrected chi connectivity index (χ4v) is 2.01. The number of benzene rings is 1. The van der Waals surface area contributed by atoms with Gasteiger partial charge in [0.05, 0.1) is 17.4 Å². The summed E-state index contributed by atoms with van der Waals surface area (Å²) in [6.45, 7) is 5.07. The van der Waals surface area contributed by atoms with Crippen molar-refractivity contribution in [1.82, 2.24) is 0 Å². The summed E-state index contributed by atoms with van der Waals surface area (Å²) >= 11 is 5.71. The molecule has 0 saturated carbocycles. The van der Waals surface area contributed by atoms with Crippen LogP contribution in [0.25, 0.3) is 0 Å². The average molecular weight is 312 g/mol. The van der Waals surface area contributed by atoms with Gasteiger partial charge in [0, 0.05) is 16.7 Å². The lowest BCUT2D eigenvalue weighted by Gasteiger charge is -2.14. The molecule has 0 spiro atoms. The van der Waals surface area contributed by atoms with Crippen molar-refractivity contribution in [1.29, 1.82) is 0 Å². The van der Waals surface area contributed by atoms with Crippen LogP contribution in [-0.2, 0) is 14.3 Å². The molecule has 0 heterocycles. The molecule has 0 aromatic heterocycles. The normalized spacial score (nSPS) is 11.5. The standard InChI is InChI=1S/C14H14ClNO5/c1-3-21-14(18)13(17)11(8-9(2)15)10-6-4-5-7-12(10)16(19)20/h4-7,11H,2-3,8H2,1H3. The number of ether oxygens (including phenoxy) is 1. The number of nitro groups is 1. The highest BCUT2D eigenvalue weighted by Crippen LogP contribution is 2.32. The topological polar surface area (TPSA) is 86.5 Å². The van der Waals surface area contributed by atoms with E-state index in [4.69, 9.17) is 11.6 Å². The van der Waals surface area contributed by atoms with Crippen molar-refractivity contribution in [3.8, 4) is 0 Å². The van der Waals surface area contributed by atoms with Gasteiger partial charge in [-0.05, 0) is 13.3 Å². The molecule has 0 N–H and O–H groups in total. The predicted molar refractivity (Wildman–Crippen MR) is 77.1 cm³/mol. The number of Topliss-reactive ketones (excluding diaryl/α,β-unsaturated/α-hetero) is 1. The molecular formula is C14H14ClNO5. The third-order valence-electron chi connectivity index (χ3n) is 2.73. The van der Waals surface area contributed by atoms with Crippen LogP contribution in [0, 0.1) is 10.1 Å². The lowest BCUT2D eigenvalue weighted by atomic mass is 9.90. The first kappa shape index (κ1) is 16.8. The predicted octanol–water partition coefficient (Wildman–Crippen LogP) is 2.95. The summed E-state index contributed by atoms with van der Waals surface area (Å²) in [5, 5.41) is 11.2. The molecular weight excluding hydrogens is 298 g/mol. The first-order valence-corrected chi connectivity index (χ1v) is 6.53. The summed E-state index contributed by atoms with van der Waals surface area (Å²) in [6, 6.07) is 5.70. The van der Waals surface area contributed by atoms with E-state index in [0.29, 0.717) is 0 Å². The van der Waals surface area contributed by atoms with Crippen LogP contribution in [0.15, 0.2) is 35.9 Å². The SMILES string of the molecule is C=C(Cl)CC(C(=O)C(=O)OCC)c1ccccc1[N+](=O)[O-]. The molecule has 1 atom stereocenters. The van der Waals surface area contributed by atoms with E-state index >= 15 is 0 Å². The van der Waals surface area contributed by atoms with Crippen molar-refractivity contribution in [2.45, 2.75) is 19.3 Å². The lowest BCUT2D eigenvalue weighted by molar-refractivity contribution is -0.385. The van der Waals surface area contributed by atoms with Crippen molar-refractivity contribution in [3.05, 3.63) is 51.6 Å². The van der Waals surface area contributed by atoms with E-state index in [1.54, 1.807) is 13.0 Å². The first-order chi connectivity index (χ1) is 9.88. The van der Waals surface area contributed by atoms with Crippen molar-refractivity contribution < 1.29 is 19.2 Å². The van der Waals surface area contributed by atoms with Crippen LogP contribution in [0.4, 0.5) is 5.69 Å². The van der Waals surface area contributed by atoms with Gasteiger partial charge in [0.1, 0.15) is 0 Å². The number of esters is 1.